The Hall–Kier alpha value is -1.72. The minimum absolute atomic E-state index is 0.498. The van der Waals surface area contributed by atoms with Crippen molar-refractivity contribution in [1.29, 1.82) is 0 Å². The lowest BCUT2D eigenvalue weighted by molar-refractivity contribution is 0.224. The first-order chi connectivity index (χ1) is 10.3. The highest BCUT2D eigenvalue weighted by atomic mass is 32.1. The van der Waals surface area contributed by atoms with E-state index in [9.17, 15) is 0 Å². The van der Waals surface area contributed by atoms with Crippen LogP contribution >= 0.6 is 11.3 Å². The molecule has 21 heavy (non-hydrogen) atoms. The third-order valence-electron chi connectivity index (χ3n) is 4.24. The van der Waals surface area contributed by atoms with Gasteiger partial charge in [0.1, 0.15) is 5.52 Å². The summed E-state index contributed by atoms with van der Waals surface area (Å²) in [5.41, 5.74) is 2.02. The molecule has 4 heterocycles. The quantitative estimate of drug-likeness (QED) is 0.727. The molecule has 0 spiro atoms. The van der Waals surface area contributed by atoms with E-state index in [4.69, 9.17) is 4.98 Å². The Bertz CT molecular complexity index is 739. The van der Waals surface area contributed by atoms with E-state index < -0.39 is 0 Å². The molecule has 0 radical (unpaired) electrons. The van der Waals surface area contributed by atoms with Crippen LogP contribution in [-0.2, 0) is 0 Å². The number of thiophene rings is 1. The average Bonchev–Trinajstić information content (AvgIpc) is 3.15. The van der Waals surface area contributed by atoms with Crippen LogP contribution < -0.4 is 0 Å². The van der Waals surface area contributed by atoms with E-state index in [2.05, 4.69) is 45.1 Å². The van der Waals surface area contributed by atoms with Gasteiger partial charge < -0.3 is 9.47 Å². The van der Waals surface area contributed by atoms with Crippen LogP contribution in [0.1, 0.15) is 18.9 Å². The van der Waals surface area contributed by atoms with Gasteiger partial charge in [0.2, 0.25) is 0 Å². The Morgan fingerprint density at radius 2 is 2.05 bits per heavy atom. The minimum atomic E-state index is 0.498. The second kappa shape index (κ2) is 5.24. The topological polar surface area (TPSA) is 34.0 Å². The van der Waals surface area contributed by atoms with Crippen LogP contribution in [0.3, 0.4) is 0 Å². The fourth-order valence-corrected chi connectivity index (χ4v) is 3.82. The SMILES string of the molecule is CN1CCC(n2c(-c3cccs3)nc3cccnc32)CC1. The lowest BCUT2D eigenvalue weighted by Gasteiger charge is -2.30. The second-order valence-corrected chi connectivity index (χ2v) is 6.61. The summed E-state index contributed by atoms with van der Waals surface area (Å²) < 4.78 is 2.37. The lowest BCUT2D eigenvalue weighted by atomic mass is 10.1. The van der Waals surface area contributed by atoms with Gasteiger partial charge in [-0.3, -0.25) is 0 Å². The maximum Gasteiger partial charge on any atom is 0.160 e. The molecule has 0 bridgehead atoms. The molecule has 3 aromatic rings. The molecule has 4 rings (SSSR count). The third kappa shape index (κ3) is 2.26. The number of pyridine rings is 1. The molecule has 1 saturated heterocycles. The first kappa shape index (κ1) is 13.0. The van der Waals surface area contributed by atoms with Crippen LogP contribution in [-0.4, -0.2) is 39.6 Å². The molecule has 0 N–H and O–H groups in total. The molecule has 1 aliphatic heterocycles. The summed E-state index contributed by atoms with van der Waals surface area (Å²) in [6, 6.07) is 8.76. The average molecular weight is 298 g/mol. The van der Waals surface area contributed by atoms with Crippen LogP contribution in [0.4, 0.5) is 0 Å². The number of nitrogens with zero attached hydrogens (tertiary/aromatic N) is 4. The van der Waals surface area contributed by atoms with Gasteiger partial charge in [0.25, 0.3) is 0 Å². The van der Waals surface area contributed by atoms with Gasteiger partial charge >= 0.3 is 0 Å². The van der Waals surface area contributed by atoms with E-state index >= 15 is 0 Å². The molecule has 0 saturated carbocycles. The number of likely N-dealkylation sites (tertiary alicyclic amines) is 1. The maximum atomic E-state index is 4.85. The maximum absolute atomic E-state index is 4.85. The van der Waals surface area contributed by atoms with Crippen LogP contribution in [0.2, 0.25) is 0 Å². The van der Waals surface area contributed by atoms with Gasteiger partial charge in [-0.15, -0.1) is 11.3 Å². The number of hydrogen-bond acceptors (Lipinski definition) is 4. The van der Waals surface area contributed by atoms with Gasteiger partial charge in [-0.05, 0) is 56.6 Å². The van der Waals surface area contributed by atoms with E-state index in [0.717, 1.165) is 42.9 Å². The largest absolute Gasteiger partial charge is 0.306 e. The van der Waals surface area contributed by atoms with Gasteiger partial charge in [0.05, 0.1) is 4.88 Å². The molecule has 5 heteroatoms. The molecule has 0 aliphatic carbocycles. The Kier molecular flexibility index (Phi) is 3.24. The van der Waals surface area contributed by atoms with E-state index in [-0.39, 0.29) is 0 Å². The monoisotopic (exact) mass is 298 g/mol. The molecular weight excluding hydrogens is 280 g/mol. The first-order valence-corrected chi connectivity index (χ1v) is 8.26. The van der Waals surface area contributed by atoms with E-state index in [1.54, 1.807) is 11.3 Å². The highest BCUT2D eigenvalue weighted by molar-refractivity contribution is 7.13. The zero-order valence-corrected chi connectivity index (χ0v) is 12.9. The minimum Gasteiger partial charge on any atom is -0.306 e. The number of hydrogen-bond donors (Lipinski definition) is 0. The van der Waals surface area contributed by atoms with Crippen molar-refractivity contribution in [2.45, 2.75) is 18.9 Å². The van der Waals surface area contributed by atoms with Crippen LogP contribution in [0.15, 0.2) is 35.8 Å². The number of rotatable bonds is 2. The molecule has 0 atom stereocenters. The molecule has 4 nitrogen and oxygen atoms in total. The number of piperidine rings is 1. The summed E-state index contributed by atoms with van der Waals surface area (Å²) in [5, 5.41) is 2.11. The zero-order valence-electron chi connectivity index (χ0n) is 12.1. The molecule has 0 aromatic carbocycles. The van der Waals surface area contributed by atoms with Crippen molar-refractivity contribution in [2.75, 3.05) is 20.1 Å². The predicted octanol–water partition coefficient (Wildman–Crippen LogP) is 3.43. The molecule has 3 aromatic heterocycles. The fraction of sp³-hybridized carbons (Fsp3) is 0.375. The number of fused-ring (bicyclic) bond motifs is 1. The van der Waals surface area contributed by atoms with Crippen molar-refractivity contribution < 1.29 is 0 Å². The summed E-state index contributed by atoms with van der Waals surface area (Å²) in [6.45, 7) is 2.28. The molecule has 0 amide bonds. The Labute approximate surface area is 128 Å². The molecule has 0 unspecified atom stereocenters. The predicted molar refractivity (Wildman–Crippen MR) is 86.6 cm³/mol. The normalized spacial score (nSPS) is 17.6. The van der Waals surface area contributed by atoms with Crippen molar-refractivity contribution in [2.24, 2.45) is 0 Å². The van der Waals surface area contributed by atoms with Crippen molar-refractivity contribution in [3.63, 3.8) is 0 Å². The lowest BCUT2D eigenvalue weighted by Crippen LogP contribution is -2.31. The second-order valence-electron chi connectivity index (χ2n) is 5.66. The van der Waals surface area contributed by atoms with Crippen LogP contribution in [0.5, 0.6) is 0 Å². The van der Waals surface area contributed by atoms with Gasteiger partial charge in [-0.25, -0.2) is 9.97 Å². The summed E-state index contributed by atoms with van der Waals surface area (Å²) in [4.78, 5) is 13.1. The van der Waals surface area contributed by atoms with Crippen LogP contribution in [0, 0.1) is 0 Å². The van der Waals surface area contributed by atoms with E-state index in [0.29, 0.717) is 6.04 Å². The third-order valence-corrected chi connectivity index (χ3v) is 5.11. The van der Waals surface area contributed by atoms with Crippen LogP contribution in [0.25, 0.3) is 21.9 Å². The van der Waals surface area contributed by atoms with Crippen molar-refractivity contribution >= 4 is 22.5 Å². The van der Waals surface area contributed by atoms with Gasteiger partial charge in [-0.1, -0.05) is 6.07 Å². The van der Waals surface area contributed by atoms with E-state index in [1.165, 1.54) is 4.88 Å². The van der Waals surface area contributed by atoms with Crippen molar-refractivity contribution in [3.8, 4) is 10.7 Å². The standard InChI is InChI=1S/C16H18N4S/c1-19-9-6-12(7-10-19)20-15-13(4-2-8-17-15)18-16(20)14-5-3-11-21-14/h2-5,8,11-12H,6-7,9-10H2,1H3. The molecular formula is C16H18N4S. The summed E-state index contributed by atoms with van der Waals surface area (Å²) in [7, 11) is 2.20. The van der Waals surface area contributed by atoms with Gasteiger partial charge in [0.15, 0.2) is 11.5 Å². The Balaban J connectivity index is 1.87. The smallest absolute Gasteiger partial charge is 0.160 e. The number of imidazole rings is 1. The molecule has 108 valence electrons. The molecule has 1 aliphatic rings. The van der Waals surface area contributed by atoms with Gasteiger partial charge in [0, 0.05) is 12.2 Å². The Morgan fingerprint density at radius 1 is 1.19 bits per heavy atom. The molecule has 1 fully saturated rings. The zero-order chi connectivity index (χ0) is 14.2. The van der Waals surface area contributed by atoms with Gasteiger partial charge in [-0.2, -0.15) is 0 Å². The Morgan fingerprint density at radius 3 is 2.81 bits per heavy atom. The summed E-state index contributed by atoms with van der Waals surface area (Å²) in [5.74, 6) is 1.08. The summed E-state index contributed by atoms with van der Waals surface area (Å²) in [6.07, 6.45) is 4.20. The number of aromatic nitrogens is 3. The highest BCUT2D eigenvalue weighted by Gasteiger charge is 2.24. The summed E-state index contributed by atoms with van der Waals surface area (Å²) >= 11 is 1.75. The van der Waals surface area contributed by atoms with E-state index in [1.807, 2.05) is 12.3 Å². The highest BCUT2D eigenvalue weighted by Crippen LogP contribution is 2.33. The first-order valence-electron chi connectivity index (χ1n) is 7.38. The van der Waals surface area contributed by atoms with Crippen molar-refractivity contribution in [1.82, 2.24) is 19.4 Å². The van der Waals surface area contributed by atoms with Crippen molar-refractivity contribution in [3.05, 3.63) is 35.8 Å². The fourth-order valence-electron chi connectivity index (χ4n) is 3.11.